The number of ether oxygens (including phenoxy) is 2. The zero-order valence-electron chi connectivity index (χ0n) is 18.0. The molecule has 3 atom stereocenters. The molecule has 1 saturated carbocycles. The molecule has 2 unspecified atom stereocenters. The first-order valence-corrected chi connectivity index (χ1v) is 11.1. The lowest BCUT2D eigenvalue weighted by Gasteiger charge is -2.30. The van der Waals surface area contributed by atoms with Gasteiger partial charge in [0.15, 0.2) is 0 Å². The van der Waals surface area contributed by atoms with E-state index >= 15 is 0 Å². The molecular weight excluding hydrogens is 366 g/mol. The van der Waals surface area contributed by atoms with Gasteiger partial charge in [0.1, 0.15) is 6.10 Å². The summed E-state index contributed by atoms with van der Waals surface area (Å²) in [6, 6.07) is 7.65. The molecule has 1 aromatic carbocycles. The maximum Gasteiger partial charge on any atom is 0.253 e. The number of nitrogens with zero attached hydrogens (tertiary/aromatic N) is 2. The number of carbonyl (C=O) groups excluding carboxylic acids is 1. The van der Waals surface area contributed by atoms with Crippen LogP contribution in [0, 0.1) is 0 Å². The first kappa shape index (κ1) is 20.6. The molecule has 4 rings (SSSR count). The van der Waals surface area contributed by atoms with Crippen molar-refractivity contribution in [2.75, 3.05) is 44.9 Å². The normalized spacial score (nSPS) is 26.4. The van der Waals surface area contributed by atoms with E-state index in [-0.39, 0.29) is 12.0 Å². The van der Waals surface area contributed by atoms with Crippen molar-refractivity contribution in [1.82, 2.24) is 10.2 Å². The average Bonchev–Trinajstić information content (AvgIpc) is 3.56. The summed E-state index contributed by atoms with van der Waals surface area (Å²) in [6.45, 7) is 9.14. The highest BCUT2D eigenvalue weighted by Crippen LogP contribution is 2.41. The molecule has 6 heteroatoms. The summed E-state index contributed by atoms with van der Waals surface area (Å²) in [6.07, 6.45) is 2.89. The summed E-state index contributed by atoms with van der Waals surface area (Å²) in [4.78, 5) is 17.7. The van der Waals surface area contributed by atoms with Gasteiger partial charge in [-0.3, -0.25) is 4.79 Å². The summed E-state index contributed by atoms with van der Waals surface area (Å²) in [5, 5.41) is 3.28. The highest BCUT2D eigenvalue weighted by atomic mass is 16.5. The van der Waals surface area contributed by atoms with Crippen molar-refractivity contribution in [3.05, 3.63) is 29.3 Å². The minimum Gasteiger partial charge on any atom is -0.385 e. The molecule has 1 aliphatic carbocycles. The van der Waals surface area contributed by atoms with Gasteiger partial charge in [0, 0.05) is 63.6 Å². The molecule has 3 aliphatic rings. The second kappa shape index (κ2) is 9.02. The summed E-state index contributed by atoms with van der Waals surface area (Å²) < 4.78 is 11.0. The summed E-state index contributed by atoms with van der Waals surface area (Å²) >= 11 is 0. The number of benzene rings is 1. The van der Waals surface area contributed by atoms with E-state index in [2.05, 4.69) is 47.2 Å². The van der Waals surface area contributed by atoms with Crippen LogP contribution in [0.3, 0.4) is 0 Å². The Kier molecular flexibility index (Phi) is 6.42. The third kappa shape index (κ3) is 4.44. The maximum atomic E-state index is 13.1. The molecule has 2 fully saturated rings. The van der Waals surface area contributed by atoms with Crippen LogP contribution in [0.15, 0.2) is 18.2 Å². The first-order chi connectivity index (χ1) is 14.1. The Bertz CT molecular complexity index is 715. The number of hydrogen-bond acceptors (Lipinski definition) is 5. The Balaban J connectivity index is 1.50. The van der Waals surface area contributed by atoms with Crippen LogP contribution in [0.2, 0.25) is 0 Å². The van der Waals surface area contributed by atoms with Crippen LogP contribution in [0.25, 0.3) is 0 Å². The van der Waals surface area contributed by atoms with Crippen LogP contribution < -0.4 is 10.2 Å². The van der Waals surface area contributed by atoms with Gasteiger partial charge in [0.25, 0.3) is 5.91 Å². The molecule has 29 heavy (non-hydrogen) atoms. The van der Waals surface area contributed by atoms with Crippen molar-refractivity contribution in [1.29, 1.82) is 0 Å². The minimum absolute atomic E-state index is 0.138. The highest BCUT2D eigenvalue weighted by molar-refractivity contribution is 5.82. The van der Waals surface area contributed by atoms with Gasteiger partial charge in [-0.1, -0.05) is 19.1 Å². The number of fused-ring (bicyclic) bond motifs is 1. The van der Waals surface area contributed by atoms with Crippen LogP contribution in [0.5, 0.6) is 0 Å². The molecule has 6 nitrogen and oxygen atoms in total. The average molecular weight is 402 g/mol. The Morgan fingerprint density at radius 3 is 2.86 bits per heavy atom. The quantitative estimate of drug-likeness (QED) is 0.679. The van der Waals surface area contributed by atoms with Crippen LogP contribution in [-0.4, -0.2) is 69.0 Å². The van der Waals surface area contributed by atoms with E-state index in [9.17, 15) is 4.79 Å². The van der Waals surface area contributed by atoms with Gasteiger partial charge in [-0.2, -0.15) is 0 Å². The van der Waals surface area contributed by atoms with Crippen LogP contribution in [-0.2, 0) is 20.8 Å². The van der Waals surface area contributed by atoms with Crippen LogP contribution >= 0.6 is 0 Å². The predicted molar refractivity (Wildman–Crippen MR) is 114 cm³/mol. The number of hydrogen-bond donors (Lipinski definition) is 1. The van der Waals surface area contributed by atoms with Gasteiger partial charge in [0.05, 0.1) is 6.61 Å². The lowest BCUT2D eigenvalue weighted by atomic mass is 9.97. The molecule has 2 aliphatic heterocycles. The van der Waals surface area contributed by atoms with E-state index in [0.717, 1.165) is 39.0 Å². The predicted octanol–water partition coefficient (Wildman–Crippen LogP) is 2.51. The van der Waals surface area contributed by atoms with Crippen molar-refractivity contribution < 1.29 is 14.3 Å². The number of methoxy groups -OCH3 is 1. The monoisotopic (exact) mass is 401 g/mol. The lowest BCUT2D eigenvalue weighted by molar-refractivity contribution is -0.146. The van der Waals surface area contributed by atoms with Gasteiger partial charge in [-0.25, -0.2) is 0 Å². The van der Waals surface area contributed by atoms with E-state index in [4.69, 9.17) is 9.47 Å². The van der Waals surface area contributed by atoms with Gasteiger partial charge < -0.3 is 24.6 Å². The number of anilines is 1. The molecule has 1 N–H and O–H groups in total. The smallest absolute Gasteiger partial charge is 0.253 e. The molecule has 1 aromatic rings. The summed E-state index contributed by atoms with van der Waals surface area (Å²) in [7, 11) is 1.76. The van der Waals surface area contributed by atoms with Crippen LogP contribution in [0.4, 0.5) is 5.69 Å². The third-order valence-corrected chi connectivity index (χ3v) is 6.68. The van der Waals surface area contributed by atoms with Crippen molar-refractivity contribution in [3.63, 3.8) is 0 Å². The fraction of sp³-hybridized carbons (Fsp3) is 0.696. The van der Waals surface area contributed by atoms with E-state index in [0.29, 0.717) is 37.7 Å². The van der Waals surface area contributed by atoms with Gasteiger partial charge in [-0.05, 0) is 43.4 Å². The van der Waals surface area contributed by atoms with Crippen molar-refractivity contribution in [2.45, 2.75) is 63.8 Å². The largest absolute Gasteiger partial charge is 0.385 e. The Hall–Kier alpha value is -1.63. The number of nitrogens with one attached hydrogen (secondary N) is 1. The topological polar surface area (TPSA) is 54.0 Å². The summed E-state index contributed by atoms with van der Waals surface area (Å²) in [5.74, 6) is 0.656. The van der Waals surface area contributed by atoms with Gasteiger partial charge in [0.2, 0.25) is 0 Å². The Labute approximate surface area is 174 Å². The Morgan fingerprint density at radius 2 is 2.17 bits per heavy atom. The number of carbonyl (C=O) groups is 1. The van der Waals surface area contributed by atoms with E-state index in [1.165, 1.54) is 16.8 Å². The van der Waals surface area contributed by atoms with Crippen molar-refractivity contribution >= 4 is 11.6 Å². The SMILES string of the molecule is COCCCN1c2cc(CN(C(=O)[C@H]3CNCCO3)C3CC3)ccc2C(C)C1C. The van der Waals surface area contributed by atoms with Gasteiger partial charge in [-0.15, -0.1) is 0 Å². The van der Waals surface area contributed by atoms with Crippen LogP contribution in [0.1, 0.15) is 50.2 Å². The first-order valence-electron chi connectivity index (χ1n) is 11.1. The molecule has 2 heterocycles. The van der Waals surface area contributed by atoms with Gasteiger partial charge >= 0.3 is 0 Å². The number of amides is 1. The zero-order valence-corrected chi connectivity index (χ0v) is 18.0. The van der Waals surface area contributed by atoms with E-state index in [1.807, 2.05) is 0 Å². The second-order valence-electron chi connectivity index (χ2n) is 8.72. The number of morpholine rings is 1. The molecule has 1 saturated heterocycles. The maximum absolute atomic E-state index is 13.1. The zero-order chi connectivity index (χ0) is 20.4. The standard InChI is InChI=1S/C23H35N3O3/c1-16-17(2)25(10-4-11-28-3)21-13-18(5-8-20(16)21)15-26(19-6-7-19)23(27)22-14-24-9-12-29-22/h5,8,13,16-17,19,22,24H,4,6-7,9-12,14-15H2,1-3H3/t16?,17?,22-/m1/s1. The van der Waals surface area contributed by atoms with E-state index in [1.54, 1.807) is 7.11 Å². The Morgan fingerprint density at radius 1 is 1.34 bits per heavy atom. The van der Waals surface area contributed by atoms with E-state index < -0.39 is 0 Å². The molecule has 0 bridgehead atoms. The molecule has 0 aromatic heterocycles. The molecule has 0 spiro atoms. The molecular formula is C23H35N3O3. The summed E-state index contributed by atoms with van der Waals surface area (Å²) in [5.41, 5.74) is 3.96. The lowest BCUT2D eigenvalue weighted by Crippen LogP contribution is -2.49. The van der Waals surface area contributed by atoms with Crippen molar-refractivity contribution in [3.8, 4) is 0 Å². The number of rotatable bonds is 8. The second-order valence-corrected chi connectivity index (χ2v) is 8.72. The molecule has 160 valence electrons. The molecule has 1 amide bonds. The minimum atomic E-state index is -0.343. The highest BCUT2D eigenvalue weighted by Gasteiger charge is 2.37. The van der Waals surface area contributed by atoms with Crippen molar-refractivity contribution in [2.24, 2.45) is 0 Å². The fourth-order valence-electron chi connectivity index (χ4n) is 4.65. The molecule has 0 radical (unpaired) electrons. The third-order valence-electron chi connectivity index (χ3n) is 6.68. The fourth-order valence-corrected chi connectivity index (χ4v) is 4.65.